The van der Waals surface area contributed by atoms with Crippen molar-refractivity contribution in [1.82, 2.24) is 29.5 Å². The molecule has 374 valence electrons. The van der Waals surface area contributed by atoms with Crippen molar-refractivity contribution < 1.29 is 112 Å². The first kappa shape index (κ1) is 58.6. The van der Waals surface area contributed by atoms with Crippen LogP contribution in [0.4, 0.5) is 8.78 Å². The minimum atomic E-state index is -5.59. The van der Waals surface area contributed by atoms with Gasteiger partial charge in [0.25, 0.3) is 25.6 Å². The number of aliphatic hydroxyl groups is 2. The molecule has 2 aliphatic heterocycles. The normalized spacial score (nSPS) is 30.5. The standard InChI is InChI=1S/C11H19ClFN3O13P4.C10H17ClFN3O13P4/c1-10(2,27-31(20,21)28-32(22,23)29-33(24,25)30)7-6(18)11(12,4-13)8(26-7)16-9(19)15-5(17)3-14-16;1-4(26-30(19,20)27-31(21,22)28-32(23,24)29)6-7(17)10(11,3-12)8(25-6)15-9(18)14-5(16)2-13-15/h3,6-8,18,24-25,30H,4H2,1-2H3,(H,20,21)(H,22,23)(H,15,17,19);2,4,6-8,17,23-24,29H,3H2,1H3,(H,19,20)(H,21,22)(H,14,16,18)/t6-,7-,8+,11?;4-,6-,7+,8-,10?/m01/s1. The fraction of sp³-hybridized carbons (Fsp3) is 0.714. The van der Waals surface area contributed by atoms with Crippen LogP contribution in [-0.2, 0) is 54.0 Å². The summed E-state index contributed by atoms with van der Waals surface area (Å²) in [6.07, 6.45) is -11.7. The van der Waals surface area contributed by atoms with Gasteiger partial charge in [0.05, 0.1) is 6.10 Å². The molecular weight excluding hydrogens is 1110 g/mol. The minimum absolute atomic E-state index is 0.413. The second kappa shape index (κ2) is 21.0. The van der Waals surface area contributed by atoms with Crippen molar-refractivity contribution in [3.8, 4) is 0 Å². The molecule has 0 spiro atoms. The molecule has 0 saturated carbocycles. The Kier molecular flexibility index (Phi) is 18.9. The minimum Gasteiger partial charge on any atom is -0.388 e. The van der Waals surface area contributed by atoms with Crippen molar-refractivity contribution in [3.05, 3.63) is 54.1 Å². The third kappa shape index (κ3) is 15.4. The third-order valence-electron chi connectivity index (χ3n) is 7.94. The molecule has 0 radical (unpaired) electrons. The number of aliphatic hydroxyl groups excluding tert-OH is 2. The van der Waals surface area contributed by atoms with E-state index in [2.05, 4.69) is 49.0 Å². The average Bonchev–Trinajstić information content (AvgIpc) is 3.50. The highest BCUT2D eigenvalue weighted by atomic mass is 35.5. The van der Waals surface area contributed by atoms with E-state index >= 15 is 0 Å². The Morgan fingerprint density at radius 2 is 1.12 bits per heavy atom. The molecule has 2 saturated heterocycles. The first-order valence-electron chi connectivity index (χ1n) is 16.4. The summed E-state index contributed by atoms with van der Waals surface area (Å²) >= 11 is 12.2. The molecule has 2 aromatic rings. The molecule has 12 N–H and O–H groups in total. The zero-order valence-corrected chi connectivity index (χ0v) is 41.0. The van der Waals surface area contributed by atoms with Gasteiger partial charge in [0.2, 0.25) is 0 Å². The molecule has 2 fully saturated rings. The molecule has 0 amide bonds. The number of alkyl halides is 4. The molecule has 2 aromatic heterocycles. The lowest BCUT2D eigenvalue weighted by Crippen LogP contribution is -2.51. The zero-order chi connectivity index (χ0) is 50.3. The maximum absolute atomic E-state index is 13.9. The average molecular weight is 1150 g/mol. The summed E-state index contributed by atoms with van der Waals surface area (Å²) in [6.45, 7) is -0.0119. The lowest BCUT2D eigenvalue weighted by atomic mass is 9.91. The maximum atomic E-state index is 13.9. The van der Waals surface area contributed by atoms with Crippen LogP contribution < -0.4 is 22.5 Å². The summed E-state index contributed by atoms with van der Waals surface area (Å²) in [5, 5.41) is 28.0. The van der Waals surface area contributed by atoms with E-state index in [1.165, 1.54) is 0 Å². The van der Waals surface area contributed by atoms with Crippen LogP contribution in [0.5, 0.6) is 0 Å². The molecule has 13 atom stereocenters. The molecule has 65 heavy (non-hydrogen) atoms. The van der Waals surface area contributed by atoms with E-state index < -0.39 is 140 Å². The van der Waals surface area contributed by atoms with Crippen LogP contribution in [0.1, 0.15) is 33.2 Å². The smallest absolute Gasteiger partial charge is 0.388 e. The van der Waals surface area contributed by atoms with Crippen molar-refractivity contribution in [3.63, 3.8) is 0 Å². The van der Waals surface area contributed by atoms with Gasteiger partial charge in [-0.1, -0.05) is 0 Å². The Hall–Kier alpha value is -0.680. The molecule has 4 rings (SSSR count). The molecule has 44 heteroatoms. The van der Waals surface area contributed by atoms with Crippen molar-refractivity contribution in [2.75, 3.05) is 13.3 Å². The highest BCUT2D eigenvalue weighted by molar-refractivity contribution is 7.91. The Bertz CT molecular complexity index is 2610. The SMILES string of the molecule is CC(C)(OP(=O)(O)OP(=O)(O)OP(O)(O)=P)[C@H]1O[C@@H](n2ncc(=O)[nH]c2=O)C(Cl)(CF)[C@H]1O.C[C@@H](OP(=O)(O)OP(=O)(O)OP(O)(O)=P)[C@H]1O[C@@H](n2ncc(=O)[nH]c2=O)C(Cl)(CF)[C@H]1O. The number of aromatic amines is 2. The van der Waals surface area contributed by atoms with Crippen LogP contribution >= 0.6 is 86.0 Å². The monoisotopic (exact) mass is 1140 g/mol. The first-order valence-corrected chi connectivity index (χ1v) is 29.1. The molecule has 0 aliphatic carbocycles. The highest BCUT2D eigenvalue weighted by Crippen LogP contribution is 2.70. The number of hydrogen-bond donors (Lipinski definition) is 12. The van der Waals surface area contributed by atoms with Crippen LogP contribution in [0, 0.1) is 0 Å². The topological polar surface area (TPSA) is 480 Å². The Balaban J connectivity index is 0.000000345. The van der Waals surface area contributed by atoms with Gasteiger partial charge >= 0.3 is 42.7 Å². The molecular formula is C21H36Cl2F2N6O26P8. The van der Waals surface area contributed by atoms with Gasteiger partial charge in [0, 0.05) is 0 Å². The fourth-order valence-corrected chi connectivity index (χ4v) is 14.6. The summed E-state index contributed by atoms with van der Waals surface area (Å²) in [5.41, 5.74) is -6.30. The van der Waals surface area contributed by atoms with E-state index in [1.807, 2.05) is 9.97 Å². The third-order valence-corrected chi connectivity index (χ3v) is 18.5. The number of halogens is 4. The second-order valence-electron chi connectivity index (χ2n) is 13.4. The molecule has 32 nitrogen and oxygen atoms in total. The van der Waals surface area contributed by atoms with E-state index in [9.17, 15) is 76.0 Å². The summed E-state index contributed by atoms with van der Waals surface area (Å²) in [5.74, 6) is 0. The van der Waals surface area contributed by atoms with E-state index in [4.69, 9.17) is 56.8 Å². The van der Waals surface area contributed by atoms with Crippen molar-refractivity contribution >= 4 is 86.0 Å². The van der Waals surface area contributed by atoms with Crippen LogP contribution in [0.15, 0.2) is 31.6 Å². The largest absolute Gasteiger partial charge is 0.488 e. The molecule has 0 bridgehead atoms. The number of ether oxygens (including phenoxy) is 2. The fourth-order valence-electron chi connectivity index (χ4n) is 5.49. The van der Waals surface area contributed by atoms with Gasteiger partial charge < -0.3 is 58.8 Å². The van der Waals surface area contributed by atoms with Gasteiger partial charge in [-0.25, -0.2) is 45.3 Å². The zero-order valence-electron chi connectivity index (χ0n) is 32.1. The molecule has 0 aromatic carbocycles. The number of nitrogens with one attached hydrogen (secondary N) is 2. The summed E-state index contributed by atoms with van der Waals surface area (Å²) in [6, 6.07) is 0. The van der Waals surface area contributed by atoms with Gasteiger partial charge in [-0.15, -0.1) is 23.2 Å². The quantitative estimate of drug-likeness (QED) is 0.0664. The Morgan fingerprint density at radius 1 is 0.738 bits per heavy atom. The van der Waals surface area contributed by atoms with Crippen LogP contribution in [0.2, 0.25) is 0 Å². The summed E-state index contributed by atoms with van der Waals surface area (Å²) in [7, 11) is -27.1. The van der Waals surface area contributed by atoms with Crippen LogP contribution in [0.25, 0.3) is 0 Å². The molecule has 4 heterocycles. The Morgan fingerprint density at radius 3 is 1.51 bits per heavy atom. The van der Waals surface area contributed by atoms with Crippen molar-refractivity contribution in [1.29, 1.82) is 0 Å². The van der Waals surface area contributed by atoms with Crippen LogP contribution in [0.3, 0.4) is 0 Å². The first-order chi connectivity index (χ1) is 29.1. The summed E-state index contributed by atoms with van der Waals surface area (Å²) < 4.78 is 112. The number of phosphoric acid groups is 4. The highest BCUT2D eigenvalue weighted by Gasteiger charge is 2.63. The van der Waals surface area contributed by atoms with Crippen LogP contribution in [-0.4, -0.2) is 138 Å². The van der Waals surface area contributed by atoms with Gasteiger partial charge in [0.15, 0.2) is 12.5 Å². The predicted molar refractivity (Wildman–Crippen MR) is 216 cm³/mol. The number of phosphoric ester groups is 2. The lowest BCUT2D eigenvalue weighted by molar-refractivity contribution is -0.121. The summed E-state index contributed by atoms with van der Waals surface area (Å²) in [4.78, 5) is 120. The van der Waals surface area contributed by atoms with Crippen molar-refractivity contribution in [2.45, 2.75) is 79.1 Å². The number of aromatic nitrogens is 6. The lowest BCUT2D eigenvalue weighted by Gasteiger charge is -2.34. The number of hydrogen-bond acceptors (Lipinski definition) is 20. The van der Waals surface area contributed by atoms with E-state index in [-0.39, 0.29) is 0 Å². The van der Waals surface area contributed by atoms with E-state index in [0.717, 1.165) is 20.8 Å². The number of nitrogens with zero attached hydrogens (tertiary/aromatic N) is 4. The number of H-pyrrole nitrogens is 2. The molecule has 2 aliphatic rings. The predicted octanol–water partition coefficient (Wildman–Crippen LogP) is -0.448. The van der Waals surface area contributed by atoms with Gasteiger partial charge in [0.1, 0.15) is 65.5 Å². The van der Waals surface area contributed by atoms with Gasteiger partial charge in [-0.05, 0) is 37.8 Å². The van der Waals surface area contributed by atoms with Gasteiger partial charge in [-0.3, -0.25) is 28.6 Å². The second-order valence-corrected chi connectivity index (χ2v) is 27.3. The van der Waals surface area contributed by atoms with Crippen molar-refractivity contribution in [2.24, 2.45) is 0 Å². The van der Waals surface area contributed by atoms with E-state index in [1.54, 1.807) is 0 Å². The molecule has 6 unspecified atom stereocenters. The van der Waals surface area contributed by atoms with Gasteiger partial charge in [-0.2, -0.15) is 28.2 Å². The number of rotatable bonds is 18. The van der Waals surface area contributed by atoms with E-state index in [0.29, 0.717) is 21.8 Å². The Labute approximate surface area is 373 Å². The maximum Gasteiger partial charge on any atom is 0.488 e.